The van der Waals surface area contributed by atoms with E-state index in [2.05, 4.69) is 26.1 Å². The first-order chi connectivity index (χ1) is 9.11. The van der Waals surface area contributed by atoms with Gasteiger partial charge in [-0.1, -0.05) is 5.16 Å². The van der Waals surface area contributed by atoms with E-state index in [1.54, 1.807) is 18.3 Å². The van der Waals surface area contributed by atoms with Gasteiger partial charge in [0, 0.05) is 29.0 Å². The lowest BCUT2D eigenvalue weighted by Crippen LogP contribution is -2.14. The Bertz CT molecular complexity index is 581. The number of amidine groups is 1. The maximum absolute atomic E-state index is 8.61. The van der Waals surface area contributed by atoms with Gasteiger partial charge >= 0.3 is 0 Å². The highest BCUT2D eigenvalue weighted by Crippen LogP contribution is 2.22. The van der Waals surface area contributed by atoms with Crippen LogP contribution in [0.15, 0.2) is 52.2 Å². The van der Waals surface area contributed by atoms with Crippen molar-refractivity contribution in [2.45, 2.75) is 0 Å². The molecule has 1 aromatic heterocycles. The Hall–Kier alpha value is -2.08. The van der Waals surface area contributed by atoms with Crippen molar-refractivity contribution < 1.29 is 5.21 Å². The number of hydrogen-bond donors (Lipinski definition) is 2. The highest BCUT2D eigenvalue weighted by molar-refractivity contribution is 9.10. The summed E-state index contributed by atoms with van der Waals surface area (Å²) in [5, 5.41) is 11.6. The van der Waals surface area contributed by atoms with Crippen molar-refractivity contribution in [3.63, 3.8) is 0 Å². The Morgan fingerprint density at radius 3 is 2.47 bits per heavy atom. The predicted molar refractivity (Wildman–Crippen MR) is 79.0 cm³/mol. The number of nitrogens with zero attached hydrogens (tertiary/aromatic N) is 3. The van der Waals surface area contributed by atoms with Crippen molar-refractivity contribution in [3.8, 4) is 0 Å². The lowest BCUT2D eigenvalue weighted by atomic mass is 10.2. The molecule has 0 aliphatic heterocycles. The first kappa shape index (κ1) is 13.4. The molecule has 3 N–H and O–H groups in total. The fourth-order valence-electron chi connectivity index (χ4n) is 1.61. The zero-order valence-corrected chi connectivity index (χ0v) is 11.9. The first-order valence-corrected chi connectivity index (χ1v) is 6.34. The number of anilines is 2. The third-order valence-electron chi connectivity index (χ3n) is 2.71. The molecule has 2 aromatic rings. The molecule has 0 saturated carbocycles. The van der Waals surface area contributed by atoms with Crippen LogP contribution in [0.2, 0.25) is 0 Å². The third-order valence-corrected chi connectivity index (χ3v) is 3.18. The van der Waals surface area contributed by atoms with E-state index in [0.717, 1.165) is 16.0 Å². The second-order valence-corrected chi connectivity index (χ2v) is 4.84. The van der Waals surface area contributed by atoms with E-state index in [1.807, 2.05) is 36.2 Å². The molecule has 0 bridgehead atoms. The second kappa shape index (κ2) is 5.71. The van der Waals surface area contributed by atoms with E-state index in [-0.39, 0.29) is 5.84 Å². The van der Waals surface area contributed by atoms with Gasteiger partial charge in [0.15, 0.2) is 5.84 Å². The Balaban J connectivity index is 2.24. The number of aromatic nitrogens is 1. The molecule has 98 valence electrons. The van der Waals surface area contributed by atoms with Gasteiger partial charge in [0.1, 0.15) is 5.82 Å². The fourth-order valence-corrected chi connectivity index (χ4v) is 1.85. The molecule has 0 fully saturated rings. The molecule has 6 heteroatoms. The average Bonchev–Trinajstić information content (AvgIpc) is 2.46. The standard InChI is InChI=1S/C13H13BrN4O/c1-18(12-7-4-10(14)8-16-12)11-5-2-9(3-6-11)13(15)17-19/h2-8,19H,1H3,(H2,15,17). The van der Waals surface area contributed by atoms with E-state index >= 15 is 0 Å². The largest absolute Gasteiger partial charge is 0.409 e. The van der Waals surface area contributed by atoms with E-state index in [0.29, 0.717) is 5.56 Å². The summed E-state index contributed by atoms with van der Waals surface area (Å²) in [4.78, 5) is 6.27. The maximum atomic E-state index is 8.61. The van der Waals surface area contributed by atoms with Crippen LogP contribution in [0.1, 0.15) is 5.56 Å². The smallest absolute Gasteiger partial charge is 0.170 e. The summed E-state index contributed by atoms with van der Waals surface area (Å²) in [7, 11) is 1.93. The van der Waals surface area contributed by atoms with Gasteiger partial charge in [-0.05, 0) is 52.3 Å². The number of rotatable bonds is 3. The number of hydrogen-bond acceptors (Lipinski definition) is 4. The fraction of sp³-hybridized carbons (Fsp3) is 0.0769. The van der Waals surface area contributed by atoms with Gasteiger partial charge in [0.25, 0.3) is 0 Å². The molecule has 1 aromatic carbocycles. The van der Waals surface area contributed by atoms with Crippen LogP contribution in [0.5, 0.6) is 0 Å². The second-order valence-electron chi connectivity index (χ2n) is 3.93. The molecule has 2 rings (SSSR count). The normalized spacial score (nSPS) is 11.4. The molecule has 0 atom stereocenters. The summed E-state index contributed by atoms with van der Waals surface area (Å²) in [6.45, 7) is 0. The Morgan fingerprint density at radius 2 is 1.95 bits per heavy atom. The third kappa shape index (κ3) is 3.03. The van der Waals surface area contributed by atoms with Crippen LogP contribution in [-0.2, 0) is 0 Å². The number of pyridine rings is 1. The monoisotopic (exact) mass is 320 g/mol. The van der Waals surface area contributed by atoms with Gasteiger partial charge in [-0.3, -0.25) is 0 Å². The summed E-state index contributed by atoms with van der Waals surface area (Å²) in [5.74, 6) is 0.927. The summed E-state index contributed by atoms with van der Waals surface area (Å²) < 4.78 is 0.937. The Morgan fingerprint density at radius 1 is 1.26 bits per heavy atom. The summed E-state index contributed by atoms with van der Waals surface area (Å²) in [6.07, 6.45) is 1.75. The van der Waals surface area contributed by atoms with Crippen LogP contribution in [0.3, 0.4) is 0 Å². The number of benzene rings is 1. The quantitative estimate of drug-likeness (QED) is 0.394. The summed E-state index contributed by atoms with van der Waals surface area (Å²) >= 11 is 3.35. The van der Waals surface area contributed by atoms with Gasteiger partial charge < -0.3 is 15.8 Å². The van der Waals surface area contributed by atoms with E-state index in [9.17, 15) is 0 Å². The minimum absolute atomic E-state index is 0.0935. The van der Waals surface area contributed by atoms with Crippen molar-refractivity contribution in [3.05, 3.63) is 52.6 Å². The highest BCUT2D eigenvalue weighted by Gasteiger charge is 2.06. The van der Waals surface area contributed by atoms with Gasteiger partial charge in [-0.15, -0.1) is 0 Å². The zero-order valence-electron chi connectivity index (χ0n) is 10.3. The highest BCUT2D eigenvalue weighted by atomic mass is 79.9. The predicted octanol–water partition coefficient (Wildman–Crippen LogP) is 2.71. The van der Waals surface area contributed by atoms with E-state index in [1.165, 1.54) is 0 Å². The summed E-state index contributed by atoms with van der Waals surface area (Å²) in [5.41, 5.74) is 7.15. The number of oxime groups is 1. The Kier molecular flexibility index (Phi) is 4.01. The number of halogens is 1. The minimum Gasteiger partial charge on any atom is -0.409 e. The molecule has 5 nitrogen and oxygen atoms in total. The molecule has 1 heterocycles. The molecule has 0 aliphatic carbocycles. The van der Waals surface area contributed by atoms with Crippen molar-refractivity contribution in [1.82, 2.24) is 4.98 Å². The molecule has 0 unspecified atom stereocenters. The molecule has 0 saturated heterocycles. The van der Waals surface area contributed by atoms with Crippen LogP contribution >= 0.6 is 15.9 Å². The van der Waals surface area contributed by atoms with Crippen LogP contribution in [-0.4, -0.2) is 23.1 Å². The lowest BCUT2D eigenvalue weighted by molar-refractivity contribution is 0.318. The lowest BCUT2D eigenvalue weighted by Gasteiger charge is -2.18. The van der Waals surface area contributed by atoms with Crippen molar-refractivity contribution in [2.24, 2.45) is 10.9 Å². The van der Waals surface area contributed by atoms with Crippen LogP contribution < -0.4 is 10.6 Å². The first-order valence-electron chi connectivity index (χ1n) is 5.55. The molecular formula is C13H13BrN4O. The van der Waals surface area contributed by atoms with Crippen LogP contribution in [0, 0.1) is 0 Å². The average molecular weight is 321 g/mol. The maximum Gasteiger partial charge on any atom is 0.170 e. The van der Waals surface area contributed by atoms with Gasteiger partial charge in [-0.25, -0.2) is 4.98 Å². The van der Waals surface area contributed by atoms with Gasteiger partial charge in [0.2, 0.25) is 0 Å². The molecule has 0 aliphatic rings. The SMILES string of the molecule is CN(c1ccc(C(N)=NO)cc1)c1ccc(Br)cn1. The Labute approximate surface area is 119 Å². The molecule has 0 amide bonds. The van der Waals surface area contributed by atoms with Crippen LogP contribution in [0.4, 0.5) is 11.5 Å². The molecule has 19 heavy (non-hydrogen) atoms. The minimum atomic E-state index is 0.0935. The van der Waals surface area contributed by atoms with Crippen molar-refractivity contribution in [2.75, 3.05) is 11.9 Å². The summed E-state index contributed by atoms with van der Waals surface area (Å²) in [6, 6.07) is 11.2. The zero-order chi connectivity index (χ0) is 13.8. The van der Waals surface area contributed by atoms with Crippen LogP contribution in [0.25, 0.3) is 0 Å². The van der Waals surface area contributed by atoms with Gasteiger partial charge in [0.05, 0.1) is 0 Å². The molecule has 0 spiro atoms. The topological polar surface area (TPSA) is 74.7 Å². The molecular weight excluding hydrogens is 308 g/mol. The van der Waals surface area contributed by atoms with E-state index in [4.69, 9.17) is 10.9 Å². The van der Waals surface area contributed by atoms with Gasteiger partial charge in [-0.2, -0.15) is 0 Å². The van der Waals surface area contributed by atoms with Crippen molar-refractivity contribution >= 4 is 33.3 Å². The number of nitrogens with two attached hydrogens (primary N) is 1. The van der Waals surface area contributed by atoms with Crippen molar-refractivity contribution in [1.29, 1.82) is 0 Å². The molecule has 0 radical (unpaired) electrons. The van der Waals surface area contributed by atoms with E-state index < -0.39 is 0 Å².